The Morgan fingerprint density at radius 2 is 2.18 bits per heavy atom. The van der Waals surface area contributed by atoms with Gasteiger partial charge in [-0.15, -0.1) is 11.3 Å². The molecule has 0 fully saturated rings. The number of hydrogen-bond acceptors (Lipinski definition) is 7. The highest BCUT2D eigenvalue weighted by molar-refractivity contribution is 7.16. The van der Waals surface area contributed by atoms with E-state index in [-0.39, 0.29) is 23.6 Å². The van der Waals surface area contributed by atoms with Crippen LogP contribution in [0.5, 0.6) is 0 Å². The lowest BCUT2D eigenvalue weighted by atomic mass is 10.3. The van der Waals surface area contributed by atoms with Gasteiger partial charge in [-0.25, -0.2) is 0 Å². The molecule has 8 nitrogen and oxygen atoms in total. The maximum Gasteiger partial charge on any atom is 0.326 e. The van der Waals surface area contributed by atoms with Crippen molar-refractivity contribution in [2.24, 2.45) is 4.99 Å². The Kier molecular flexibility index (Phi) is 6.12. The first-order chi connectivity index (χ1) is 13.5. The van der Waals surface area contributed by atoms with Crippen LogP contribution in [0.25, 0.3) is 16.3 Å². The van der Waals surface area contributed by atoms with Crippen LogP contribution < -0.4 is 4.80 Å². The monoisotopic (exact) mass is 417 g/mol. The first-order valence-corrected chi connectivity index (χ1v) is 9.91. The minimum atomic E-state index is -0.517. The lowest BCUT2D eigenvalue weighted by Crippen LogP contribution is -2.22. The summed E-state index contributed by atoms with van der Waals surface area (Å²) in [6.45, 7) is 1.69. The van der Waals surface area contributed by atoms with Crippen LogP contribution >= 0.6 is 22.7 Å². The number of ether oxygens (including phenoxy) is 1. The number of benzene rings is 1. The van der Waals surface area contributed by atoms with E-state index in [0.717, 1.165) is 4.88 Å². The molecule has 0 aliphatic heterocycles. The Morgan fingerprint density at radius 3 is 2.86 bits per heavy atom. The number of rotatable bonds is 6. The summed E-state index contributed by atoms with van der Waals surface area (Å²) in [7, 11) is 0. The zero-order chi connectivity index (χ0) is 20.1. The van der Waals surface area contributed by atoms with E-state index in [0.29, 0.717) is 10.2 Å². The number of nitrogens with zero attached hydrogens (tertiary/aromatic N) is 3. The Hall–Kier alpha value is -3.11. The van der Waals surface area contributed by atoms with Crippen molar-refractivity contribution in [1.29, 1.82) is 0 Å². The van der Waals surface area contributed by atoms with Crippen molar-refractivity contribution >= 4 is 56.5 Å². The lowest BCUT2D eigenvalue weighted by Gasteiger charge is -2.04. The molecule has 144 valence electrons. The largest absolute Gasteiger partial charge is 0.465 e. The molecule has 0 unspecified atom stereocenters. The summed E-state index contributed by atoms with van der Waals surface area (Å²) in [5.41, 5.74) is 0.333. The number of carbonyl (C=O) groups excluding carboxylic acids is 2. The first-order valence-electron chi connectivity index (χ1n) is 8.21. The van der Waals surface area contributed by atoms with E-state index in [1.165, 1.54) is 45.4 Å². The van der Waals surface area contributed by atoms with Crippen LogP contribution in [0.4, 0.5) is 5.69 Å². The number of esters is 1. The second-order valence-corrected chi connectivity index (χ2v) is 7.47. The number of thiazole rings is 1. The molecule has 0 aliphatic carbocycles. The summed E-state index contributed by atoms with van der Waals surface area (Å²) in [5, 5.41) is 13.0. The van der Waals surface area contributed by atoms with Crippen LogP contribution in [0, 0.1) is 10.1 Å². The van der Waals surface area contributed by atoms with E-state index < -0.39 is 16.8 Å². The van der Waals surface area contributed by atoms with E-state index in [1.807, 2.05) is 17.5 Å². The molecule has 0 spiro atoms. The van der Waals surface area contributed by atoms with Gasteiger partial charge < -0.3 is 9.30 Å². The molecule has 0 saturated carbocycles. The number of amides is 1. The van der Waals surface area contributed by atoms with E-state index in [4.69, 9.17) is 4.74 Å². The normalized spacial score (nSPS) is 12.0. The number of hydrogen-bond donors (Lipinski definition) is 0. The van der Waals surface area contributed by atoms with Crippen molar-refractivity contribution in [3.05, 3.63) is 61.6 Å². The molecule has 1 aromatic carbocycles. The van der Waals surface area contributed by atoms with E-state index in [2.05, 4.69) is 4.99 Å². The maximum absolute atomic E-state index is 12.2. The number of carbonyl (C=O) groups is 2. The molecule has 3 aromatic rings. The Labute approximate surface area is 167 Å². The van der Waals surface area contributed by atoms with Gasteiger partial charge in [-0.05, 0) is 30.5 Å². The Bertz CT molecular complexity index is 1130. The topological polar surface area (TPSA) is 104 Å². The van der Waals surface area contributed by atoms with Crippen LogP contribution in [-0.2, 0) is 20.9 Å². The molecule has 2 heterocycles. The van der Waals surface area contributed by atoms with Crippen molar-refractivity contribution in [3.63, 3.8) is 0 Å². The average molecular weight is 417 g/mol. The summed E-state index contributed by atoms with van der Waals surface area (Å²) < 4.78 is 7.10. The number of nitro benzene ring substituents is 1. The van der Waals surface area contributed by atoms with Gasteiger partial charge in [-0.1, -0.05) is 17.4 Å². The van der Waals surface area contributed by atoms with Crippen LogP contribution in [0.15, 0.2) is 46.8 Å². The number of aromatic nitrogens is 1. The van der Waals surface area contributed by atoms with Gasteiger partial charge in [0.05, 0.1) is 21.7 Å². The molecule has 0 aliphatic rings. The van der Waals surface area contributed by atoms with Crippen molar-refractivity contribution in [3.8, 4) is 0 Å². The van der Waals surface area contributed by atoms with Gasteiger partial charge in [-0.3, -0.25) is 19.7 Å². The van der Waals surface area contributed by atoms with Crippen LogP contribution in [0.3, 0.4) is 0 Å². The number of thiophene rings is 1. The molecule has 0 atom stereocenters. The van der Waals surface area contributed by atoms with Gasteiger partial charge in [0.25, 0.3) is 11.6 Å². The van der Waals surface area contributed by atoms with Gasteiger partial charge in [0, 0.05) is 23.1 Å². The third-order valence-electron chi connectivity index (χ3n) is 3.61. The molecule has 0 radical (unpaired) electrons. The van der Waals surface area contributed by atoms with Gasteiger partial charge in [-0.2, -0.15) is 4.99 Å². The van der Waals surface area contributed by atoms with Gasteiger partial charge >= 0.3 is 5.97 Å². The van der Waals surface area contributed by atoms with E-state index >= 15 is 0 Å². The summed E-state index contributed by atoms with van der Waals surface area (Å²) in [6.07, 6.45) is 3.00. The fourth-order valence-corrected chi connectivity index (χ4v) is 4.05. The average Bonchev–Trinajstić information content (AvgIpc) is 3.28. The van der Waals surface area contributed by atoms with Gasteiger partial charge in [0.15, 0.2) is 4.80 Å². The van der Waals surface area contributed by atoms with E-state index in [9.17, 15) is 19.7 Å². The highest BCUT2D eigenvalue weighted by Gasteiger charge is 2.15. The number of nitro groups is 1. The maximum atomic E-state index is 12.2. The Balaban J connectivity index is 2.05. The molecule has 2 aromatic heterocycles. The molecular formula is C18H15N3O5S2. The highest BCUT2D eigenvalue weighted by atomic mass is 32.1. The standard InChI is InChI=1S/C18H15N3O5S2/c1-2-26-17(23)11-20-14-10-12(21(24)25)5-7-15(14)28-18(20)19-16(22)8-6-13-4-3-9-27-13/h3-10H,2,11H2,1H3. The quantitative estimate of drug-likeness (QED) is 0.265. The Morgan fingerprint density at radius 1 is 1.36 bits per heavy atom. The molecule has 0 N–H and O–H groups in total. The fraction of sp³-hybridized carbons (Fsp3) is 0.167. The molecule has 0 bridgehead atoms. The second-order valence-electron chi connectivity index (χ2n) is 5.48. The smallest absolute Gasteiger partial charge is 0.326 e. The SMILES string of the molecule is CCOC(=O)Cn1c(=NC(=O)C=Cc2cccs2)sc2ccc([N+](=O)[O-])cc21. The zero-order valence-electron chi connectivity index (χ0n) is 14.7. The second kappa shape index (κ2) is 8.72. The third-order valence-corrected chi connectivity index (χ3v) is 5.50. The minimum absolute atomic E-state index is 0.113. The third kappa shape index (κ3) is 4.59. The predicted molar refractivity (Wildman–Crippen MR) is 107 cm³/mol. The first kappa shape index (κ1) is 19.6. The molecule has 10 heteroatoms. The van der Waals surface area contributed by atoms with Gasteiger partial charge in [0.2, 0.25) is 0 Å². The highest BCUT2D eigenvalue weighted by Crippen LogP contribution is 2.23. The molecule has 1 amide bonds. The van der Waals surface area contributed by atoms with Gasteiger partial charge in [0.1, 0.15) is 6.54 Å². The molecule has 0 saturated heterocycles. The van der Waals surface area contributed by atoms with Crippen molar-refractivity contribution in [2.75, 3.05) is 6.61 Å². The van der Waals surface area contributed by atoms with Crippen LogP contribution in [-0.4, -0.2) is 28.0 Å². The fourth-order valence-electron chi connectivity index (χ4n) is 2.42. The zero-order valence-corrected chi connectivity index (χ0v) is 16.4. The van der Waals surface area contributed by atoms with Crippen molar-refractivity contribution < 1.29 is 19.2 Å². The summed E-state index contributed by atoms with van der Waals surface area (Å²) in [6, 6.07) is 8.04. The van der Waals surface area contributed by atoms with E-state index in [1.54, 1.807) is 19.1 Å². The van der Waals surface area contributed by atoms with Crippen LogP contribution in [0.1, 0.15) is 11.8 Å². The van der Waals surface area contributed by atoms with Crippen molar-refractivity contribution in [2.45, 2.75) is 13.5 Å². The molecule has 3 rings (SSSR count). The predicted octanol–water partition coefficient (Wildman–Crippen LogP) is 3.38. The molecule has 28 heavy (non-hydrogen) atoms. The summed E-state index contributed by atoms with van der Waals surface area (Å²) in [4.78, 5) is 40.0. The number of non-ortho nitro benzene ring substituents is 1. The summed E-state index contributed by atoms with van der Waals surface area (Å²) in [5.74, 6) is -1.01. The van der Waals surface area contributed by atoms with Crippen LogP contribution in [0.2, 0.25) is 0 Å². The summed E-state index contributed by atoms with van der Waals surface area (Å²) >= 11 is 2.66. The number of fused-ring (bicyclic) bond motifs is 1. The lowest BCUT2D eigenvalue weighted by molar-refractivity contribution is -0.384. The minimum Gasteiger partial charge on any atom is -0.465 e. The molecular weight excluding hydrogens is 402 g/mol. The van der Waals surface area contributed by atoms with Crippen molar-refractivity contribution in [1.82, 2.24) is 4.57 Å².